The van der Waals surface area contributed by atoms with Gasteiger partial charge in [-0.2, -0.15) is 11.8 Å². The molecule has 1 rings (SSSR count). The number of rotatable bonds is 13. The summed E-state index contributed by atoms with van der Waals surface area (Å²) in [6.45, 7) is 2.38. The summed E-state index contributed by atoms with van der Waals surface area (Å²) >= 11 is 4.83. The van der Waals surface area contributed by atoms with Crippen LogP contribution in [0.3, 0.4) is 0 Å². The Hall–Kier alpha value is -1.58. The third kappa shape index (κ3) is 10.1. The van der Waals surface area contributed by atoms with Crippen molar-refractivity contribution in [3.05, 3.63) is 35.9 Å². The average molecular weight is 474 g/mol. The molecule has 0 fully saturated rings. The number of halogens is 1. The molecule has 0 spiro atoms. The van der Waals surface area contributed by atoms with Crippen molar-refractivity contribution in [2.24, 2.45) is 0 Å². The molecule has 0 bridgehead atoms. The van der Waals surface area contributed by atoms with Crippen LogP contribution in [0.25, 0.3) is 0 Å². The quantitative estimate of drug-likeness (QED) is 0.152. The highest BCUT2D eigenvalue weighted by Gasteiger charge is 2.23. The number of hydroxylamine groups is 1. The number of thioether (sulfide) groups is 1. The summed E-state index contributed by atoms with van der Waals surface area (Å²) in [7, 11) is 0. The van der Waals surface area contributed by atoms with Crippen LogP contribution in [0.4, 0.5) is 0 Å². The largest absolute Gasteiger partial charge is 0.350 e. The molecule has 0 aliphatic carbocycles. The molecule has 0 radical (unpaired) electrons. The Kier molecular flexibility index (Phi) is 12.6. The van der Waals surface area contributed by atoms with E-state index in [1.807, 2.05) is 37.3 Å². The fraction of sp³-hybridized carbons (Fsp3) is 0.526. The molecular formula is C19H28BrN3O4S. The maximum atomic E-state index is 12.6. The van der Waals surface area contributed by atoms with Crippen molar-refractivity contribution in [1.29, 1.82) is 0 Å². The zero-order valence-electron chi connectivity index (χ0n) is 15.9. The lowest BCUT2D eigenvalue weighted by molar-refractivity contribution is -0.129. The second-order valence-electron chi connectivity index (χ2n) is 6.23. The highest BCUT2D eigenvalue weighted by molar-refractivity contribution is 9.10. The normalized spacial score (nSPS) is 12.7. The Bertz CT molecular complexity index is 618. The topological polar surface area (TPSA) is 108 Å². The van der Waals surface area contributed by atoms with E-state index in [1.165, 1.54) is 11.8 Å². The van der Waals surface area contributed by atoms with Crippen molar-refractivity contribution < 1.29 is 19.6 Å². The maximum absolute atomic E-state index is 12.6. The van der Waals surface area contributed by atoms with Crippen LogP contribution >= 0.6 is 27.7 Å². The van der Waals surface area contributed by atoms with Crippen LogP contribution in [0.2, 0.25) is 0 Å². The number of amides is 3. The van der Waals surface area contributed by atoms with Crippen LogP contribution in [0, 0.1) is 0 Å². The molecule has 0 saturated carbocycles. The molecule has 9 heteroatoms. The maximum Gasteiger partial charge on any atom is 0.243 e. The molecule has 0 aliphatic rings. The number of alkyl halides is 1. The van der Waals surface area contributed by atoms with Gasteiger partial charge in [0.05, 0.1) is 4.83 Å². The van der Waals surface area contributed by atoms with E-state index < -0.39 is 11.9 Å². The molecule has 2 atom stereocenters. The number of benzene rings is 1. The highest BCUT2D eigenvalue weighted by Crippen LogP contribution is 2.11. The fourth-order valence-electron chi connectivity index (χ4n) is 2.33. The number of hydrogen-bond donors (Lipinski definition) is 4. The molecule has 7 nitrogen and oxygen atoms in total. The zero-order chi connectivity index (χ0) is 20.8. The number of hydrogen-bond acceptors (Lipinski definition) is 5. The minimum Gasteiger partial charge on any atom is -0.350 e. The van der Waals surface area contributed by atoms with Crippen molar-refractivity contribution in [3.8, 4) is 0 Å². The molecule has 3 amide bonds. The average Bonchev–Trinajstić information content (AvgIpc) is 2.71. The Morgan fingerprint density at radius 1 is 1.18 bits per heavy atom. The SMILES string of the molecule is CCCC(Br)C(=O)N[C@@H](CSCCCC(=O)NO)C(=O)NCc1ccccc1. The summed E-state index contributed by atoms with van der Waals surface area (Å²) in [5.74, 6) is 0.154. The van der Waals surface area contributed by atoms with Crippen LogP contribution in [0.1, 0.15) is 38.2 Å². The minimum absolute atomic E-state index is 0.207. The lowest BCUT2D eigenvalue weighted by Gasteiger charge is -2.20. The predicted octanol–water partition coefficient (Wildman–Crippen LogP) is 2.37. The van der Waals surface area contributed by atoms with Gasteiger partial charge in [-0.1, -0.05) is 59.6 Å². The summed E-state index contributed by atoms with van der Waals surface area (Å²) in [5.41, 5.74) is 2.57. The lowest BCUT2D eigenvalue weighted by Crippen LogP contribution is -2.50. The Morgan fingerprint density at radius 3 is 2.54 bits per heavy atom. The van der Waals surface area contributed by atoms with Gasteiger partial charge in [-0.25, -0.2) is 5.48 Å². The van der Waals surface area contributed by atoms with E-state index in [4.69, 9.17) is 5.21 Å². The molecule has 0 aliphatic heterocycles. The summed E-state index contributed by atoms with van der Waals surface area (Å²) in [5, 5.41) is 14.2. The summed E-state index contributed by atoms with van der Waals surface area (Å²) in [6.07, 6.45) is 2.32. The second kappa shape index (κ2) is 14.4. The Morgan fingerprint density at radius 2 is 1.89 bits per heavy atom. The van der Waals surface area contributed by atoms with Gasteiger partial charge in [-0.3, -0.25) is 19.6 Å². The first-order chi connectivity index (χ1) is 13.5. The molecule has 1 unspecified atom stereocenters. The van der Waals surface area contributed by atoms with E-state index in [0.717, 1.165) is 12.0 Å². The van der Waals surface area contributed by atoms with Crippen LogP contribution in [0.15, 0.2) is 30.3 Å². The first kappa shape index (κ1) is 24.5. The Balaban J connectivity index is 2.56. The third-order valence-electron chi connectivity index (χ3n) is 3.87. The van der Waals surface area contributed by atoms with Gasteiger partial charge in [0.25, 0.3) is 0 Å². The predicted molar refractivity (Wildman–Crippen MR) is 114 cm³/mol. The first-order valence-corrected chi connectivity index (χ1v) is 11.3. The molecule has 0 heterocycles. The van der Waals surface area contributed by atoms with Crippen molar-refractivity contribution in [3.63, 3.8) is 0 Å². The molecule has 28 heavy (non-hydrogen) atoms. The van der Waals surface area contributed by atoms with Crippen LogP contribution < -0.4 is 16.1 Å². The number of carbonyl (C=O) groups excluding carboxylic acids is 3. The van der Waals surface area contributed by atoms with Gasteiger partial charge in [-0.15, -0.1) is 0 Å². The van der Waals surface area contributed by atoms with E-state index in [1.54, 1.807) is 5.48 Å². The molecule has 1 aromatic rings. The van der Waals surface area contributed by atoms with Gasteiger partial charge < -0.3 is 10.6 Å². The fourth-order valence-corrected chi connectivity index (χ4v) is 3.91. The van der Waals surface area contributed by atoms with E-state index >= 15 is 0 Å². The van der Waals surface area contributed by atoms with E-state index in [0.29, 0.717) is 30.9 Å². The van der Waals surface area contributed by atoms with E-state index in [9.17, 15) is 14.4 Å². The van der Waals surface area contributed by atoms with E-state index in [2.05, 4.69) is 26.6 Å². The number of carbonyl (C=O) groups is 3. The second-order valence-corrected chi connectivity index (χ2v) is 8.49. The minimum atomic E-state index is -0.662. The van der Waals surface area contributed by atoms with Gasteiger partial charge in [0.15, 0.2) is 0 Å². The summed E-state index contributed by atoms with van der Waals surface area (Å²) < 4.78 is 0. The zero-order valence-corrected chi connectivity index (χ0v) is 18.4. The standard InChI is InChI=1S/C19H28BrN3O4S/c1-2-7-15(20)18(25)22-16(13-28-11-6-10-17(24)23-27)19(26)21-12-14-8-4-3-5-9-14/h3-5,8-9,15-16,27H,2,6-7,10-13H2,1H3,(H,21,26)(H,22,25)(H,23,24)/t15?,16-/m0/s1. The monoisotopic (exact) mass is 473 g/mol. The van der Waals surface area contributed by atoms with Crippen LogP contribution in [0.5, 0.6) is 0 Å². The van der Waals surface area contributed by atoms with Gasteiger partial charge >= 0.3 is 0 Å². The van der Waals surface area contributed by atoms with Crippen LogP contribution in [-0.4, -0.2) is 45.3 Å². The van der Waals surface area contributed by atoms with Gasteiger partial charge in [0, 0.05) is 18.7 Å². The molecule has 0 saturated heterocycles. The van der Waals surface area contributed by atoms with E-state index in [-0.39, 0.29) is 23.1 Å². The molecule has 4 N–H and O–H groups in total. The van der Waals surface area contributed by atoms with Gasteiger partial charge in [0.2, 0.25) is 17.7 Å². The van der Waals surface area contributed by atoms with Crippen LogP contribution in [-0.2, 0) is 20.9 Å². The molecular weight excluding hydrogens is 446 g/mol. The molecule has 0 aromatic heterocycles. The molecule has 1 aromatic carbocycles. The lowest BCUT2D eigenvalue weighted by atomic mass is 10.2. The summed E-state index contributed by atoms with van der Waals surface area (Å²) in [6, 6.07) is 8.89. The van der Waals surface area contributed by atoms with Crippen molar-refractivity contribution >= 4 is 45.4 Å². The first-order valence-electron chi connectivity index (χ1n) is 9.24. The Labute approximate surface area is 178 Å². The molecule has 156 valence electrons. The highest BCUT2D eigenvalue weighted by atomic mass is 79.9. The summed E-state index contributed by atoms with van der Waals surface area (Å²) in [4.78, 5) is 35.6. The van der Waals surface area contributed by atoms with Crippen molar-refractivity contribution in [2.75, 3.05) is 11.5 Å². The smallest absolute Gasteiger partial charge is 0.243 e. The number of nitrogens with one attached hydrogen (secondary N) is 3. The van der Waals surface area contributed by atoms with Crippen molar-refractivity contribution in [1.82, 2.24) is 16.1 Å². The van der Waals surface area contributed by atoms with Crippen molar-refractivity contribution in [2.45, 2.75) is 50.0 Å². The van der Waals surface area contributed by atoms with Gasteiger partial charge in [-0.05, 0) is 24.2 Å². The van der Waals surface area contributed by atoms with Gasteiger partial charge in [0.1, 0.15) is 6.04 Å². The third-order valence-corrected chi connectivity index (χ3v) is 5.89.